The van der Waals surface area contributed by atoms with E-state index in [2.05, 4.69) is 26.8 Å². The highest BCUT2D eigenvalue weighted by atomic mass is 16.2. The number of carbonyl (C=O) groups excluding carboxylic acids is 1. The van der Waals surface area contributed by atoms with E-state index in [9.17, 15) is 4.79 Å². The lowest BCUT2D eigenvalue weighted by molar-refractivity contribution is -0.118. The summed E-state index contributed by atoms with van der Waals surface area (Å²) in [6.45, 7) is 2.62. The van der Waals surface area contributed by atoms with Crippen LogP contribution in [0.25, 0.3) is 11.1 Å². The molecule has 7 heteroatoms. The quantitative estimate of drug-likeness (QED) is 0.420. The summed E-state index contributed by atoms with van der Waals surface area (Å²) in [4.78, 5) is 17.6. The first-order valence-corrected chi connectivity index (χ1v) is 11.1. The van der Waals surface area contributed by atoms with E-state index in [1.54, 1.807) is 35.3 Å². The van der Waals surface area contributed by atoms with Gasteiger partial charge in [0.15, 0.2) is 0 Å². The Hall–Kier alpha value is -4.28. The van der Waals surface area contributed by atoms with Gasteiger partial charge in [0.1, 0.15) is 11.9 Å². The highest BCUT2D eigenvalue weighted by Gasteiger charge is 2.20. The molecule has 4 aromatic rings. The van der Waals surface area contributed by atoms with Gasteiger partial charge in [-0.2, -0.15) is 10.4 Å². The van der Waals surface area contributed by atoms with E-state index in [4.69, 9.17) is 5.26 Å². The third kappa shape index (κ3) is 5.74. The number of carbonyl (C=O) groups is 1. The molecule has 0 aliphatic heterocycles. The molecular weight excluding hydrogens is 424 g/mol. The summed E-state index contributed by atoms with van der Waals surface area (Å²) >= 11 is 0. The van der Waals surface area contributed by atoms with E-state index in [1.807, 2.05) is 62.6 Å². The van der Waals surface area contributed by atoms with Crippen molar-refractivity contribution in [2.45, 2.75) is 19.4 Å². The van der Waals surface area contributed by atoms with Crippen molar-refractivity contribution in [2.75, 3.05) is 11.9 Å². The zero-order valence-corrected chi connectivity index (χ0v) is 19.2. The van der Waals surface area contributed by atoms with E-state index in [-0.39, 0.29) is 5.91 Å². The Morgan fingerprint density at radius 1 is 1.03 bits per heavy atom. The molecule has 170 valence electrons. The topological polar surface area (TPSA) is 95.6 Å². The van der Waals surface area contributed by atoms with Crippen LogP contribution in [0, 0.1) is 18.3 Å². The third-order valence-electron chi connectivity index (χ3n) is 5.57. The van der Waals surface area contributed by atoms with Crippen molar-refractivity contribution in [1.29, 1.82) is 5.26 Å². The van der Waals surface area contributed by atoms with Crippen molar-refractivity contribution in [1.82, 2.24) is 20.1 Å². The lowest BCUT2D eigenvalue weighted by Gasteiger charge is -2.19. The van der Waals surface area contributed by atoms with E-state index in [0.29, 0.717) is 17.9 Å². The molecule has 2 aromatic carbocycles. The molecule has 1 atom stereocenters. The molecule has 7 nitrogen and oxygen atoms in total. The third-order valence-corrected chi connectivity index (χ3v) is 5.57. The number of nitrogens with one attached hydrogen (secondary N) is 2. The molecule has 2 N–H and O–H groups in total. The number of hydrogen-bond donors (Lipinski definition) is 2. The fraction of sp³-hybridized carbons (Fsp3) is 0.185. The maximum atomic E-state index is 13.2. The molecule has 0 bridgehead atoms. The van der Waals surface area contributed by atoms with Crippen molar-refractivity contribution >= 4 is 11.7 Å². The molecule has 1 amide bonds. The number of amides is 1. The molecule has 1 unspecified atom stereocenters. The van der Waals surface area contributed by atoms with Gasteiger partial charge in [-0.15, -0.1) is 0 Å². The summed E-state index contributed by atoms with van der Waals surface area (Å²) in [7, 11) is 1.87. The summed E-state index contributed by atoms with van der Waals surface area (Å²) in [6.07, 6.45) is 6.16. The summed E-state index contributed by atoms with van der Waals surface area (Å²) in [5.41, 5.74) is 5.65. The Bertz CT molecular complexity index is 1280. The van der Waals surface area contributed by atoms with Crippen molar-refractivity contribution in [3.63, 3.8) is 0 Å². The lowest BCUT2D eigenvalue weighted by Crippen LogP contribution is -2.34. The Labute approximate surface area is 199 Å². The molecular formula is C27H26N6O. The van der Waals surface area contributed by atoms with Crippen LogP contribution in [0.2, 0.25) is 0 Å². The standard InChI is InChI=1S/C27H26N6O/c1-19-3-9-22(10-4-19)26(29-14-13-20-5-7-21(15-28)8-6-20)27(34)32-25-12-11-23(16-30-25)24-17-31-33(2)18-24/h3-12,16-18,26,29H,13-14H2,1-2H3,(H,30,32,34). The predicted octanol–water partition coefficient (Wildman–Crippen LogP) is 4.17. The number of rotatable bonds is 8. The molecule has 4 rings (SSSR count). The monoisotopic (exact) mass is 450 g/mol. The number of aryl methyl sites for hydroxylation is 2. The van der Waals surface area contributed by atoms with E-state index >= 15 is 0 Å². The molecule has 0 saturated carbocycles. The highest BCUT2D eigenvalue weighted by Crippen LogP contribution is 2.20. The Morgan fingerprint density at radius 2 is 1.79 bits per heavy atom. The average Bonchev–Trinajstić information content (AvgIpc) is 3.29. The van der Waals surface area contributed by atoms with Gasteiger partial charge >= 0.3 is 0 Å². The van der Waals surface area contributed by atoms with Crippen LogP contribution in [-0.2, 0) is 18.3 Å². The van der Waals surface area contributed by atoms with Crippen LogP contribution in [-0.4, -0.2) is 27.2 Å². The summed E-state index contributed by atoms with van der Waals surface area (Å²) < 4.78 is 1.74. The lowest BCUT2D eigenvalue weighted by atomic mass is 10.0. The summed E-state index contributed by atoms with van der Waals surface area (Å²) in [5, 5.41) is 19.5. The van der Waals surface area contributed by atoms with Crippen molar-refractivity contribution < 1.29 is 4.79 Å². The van der Waals surface area contributed by atoms with Gasteiger partial charge in [-0.25, -0.2) is 4.98 Å². The Morgan fingerprint density at radius 3 is 2.41 bits per heavy atom. The number of hydrogen-bond acceptors (Lipinski definition) is 5. The van der Waals surface area contributed by atoms with Gasteiger partial charge in [-0.1, -0.05) is 42.0 Å². The van der Waals surface area contributed by atoms with Crippen LogP contribution in [0.5, 0.6) is 0 Å². The maximum absolute atomic E-state index is 13.2. The molecule has 2 heterocycles. The van der Waals surface area contributed by atoms with E-state index in [0.717, 1.165) is 34.2 Å². The van der Waals surface area contributed by atoms with Gasteiger partial charge in [-0.3, -0.25) is 9.48 Å². The van der Waals surface area contributed by atoms with Gasteiger partial charge in [0, 0.05) is 37.1 Å². The normalized spacial score (nSPS) is 11.6. The van der Waals surface area contributed by atoms with Crippen LogP contribution >= 0.6 is 0 Å². The minimum absolute atomic E-state index is 0.176. The first-order valence-electron chi connectivity index (χ1n) is 11.1. The fourth-order valence-electron chi connectivity index (χ4n) is 3.63. The molecule has 0 saturated heterocycles. The molecule has 0 aliphatic rings. The number of nitriles is 1. The van der Waals surface area contributed by atoms with Crippen molar-refractivity contribution in [2.24, 2.45) is 7.05 Å². The second kappa shape index (κ2) is 10.6. The second-order valence-corrected chi connectivity index (χ2v) is 8.18. The maximum Gasteiger partial charge on any atom is 0.247 e. The number of aromatic nitrogens is 3. The number of benzene rings is 2. The average molecular weight is 451 g/mol. The minimum atomic E-state index is -0.529. The zero-order valence-electron chi connectivity index (χ0n) is 19.2. The van der Waals surface area contributed by atoms with Crippen molar-refractivity contribution in [3.8, 4) is 17.2 Å². The zero-order chi connectivity index (χ0) is 23.9. The summed E-state index contributed by atoms with van der Waals surface area (Å²) in [5.74, 6) is 0.314. The fourth-order valence-corrected chi connectivity index (χ4v) is 3.63. The van der Waals surface area contributed by atoms with Gasteiger partial charge in [0.25, 0.3) is 0 Å². The number of nitrogens with zero attached hydrogens (tertiary/aromatic N) is 4. The summed E-state index contributed by atoms with van der Waals surface area (Å²) in [6, 6.07) is 20.7. The molecule has 0 spiro atoms. The molecule has 0 radical (unpaired) electrons. The largest absolute Gasteiger partial charge is 0.309 e. The molecule has 34 heavy (non-hydrogen) atoms. The van der Waals surface area contributed by atoms with Gasteiger partial charge in [0.2, 0.25) is 5.91 Å². The van der Waals surface area contributed by atoms with Crippen LogP contribution in [0.4, 0.5) is 5.82 Å². The molecule has 0 fully saturated rings. The highest BCUT2D eigenvalue weighted by molar-refractivity contribution is 5.95. The van der Waals surface area contributed by atoms with Gasteiger partial charge < -0.3 is 10.6 Å². The van der Waals surface area contributed by atoms with E-state index < -0.39 is 6.04 Å². The van der Waals surface area contributed by atoms with Gasteiger partial charge in [0.05, 0.1) is 17.8 Å². The van der Waals surface area contributed by atoms with Crippen LogP contribution in [0.1, 0.15) is 28.3 Å². The first-order chi connectivity index (χ1) is 16.5. The van der Waals surface area contributed by atoms with Crippen LogP contribution in [0.15, 0.2) is 79.3 Å². The molecule has 0 aliphatic carbocycles. The van der Waals surface area contributed by atoms with Crippen LogP contribution < -0.4 is 10.6 Å². The van der Waals surface area contributed by atoms with E-state index in [1.165, 1.54) is 0 Å². The smallest absolute Gasteiger partial charge is 0.247 e. The Balaban J connectivity index is 1.44. The molecule has 2 aromatic heterocycles. The second-order valence-electron chi connectivity index (χ2n) is 8.18. The number of pyridine rings is 1. The predicted molar refractivity (Wildman–Crippen MR) is 132 cm³/mol. The van der Waals surface area contributed by atoms with Crippen molar-refractivity contribution in [3.05, 3.63) is 102 Å². The SMILES string of the molecule is Cc1ccc(C(NCCc2ccc(C#N)cc2)C(=O)Nc2ccc(-c3cnn(C)c3)cn2)cc1. The number of anilines is 1. The van der Waals surface area contributed by atoms with Crippen LogP contribution in [0.3, 0.4) is 0 Å². The Kier molecular flexibility index (Phi) is 7.11. The minimum Gasteiger partial charge on any atom is -0.309 e. The van der Waals surface area contributed by atoms with Gasteiger partial charge in [-0.05, 0) is 48.7 Å². The first kappa shape index (κ1) is 22.9.